The molecular weight excluding hydrogens is 252 g/mol. The Labute approximate surface area is 133 Å². The van der Waals surface area contributed by atoms with Gasteiger partial charge in [-0.2, -0.15) is 0 Å². The smallest absolute Gasteiger partial charge is 0.0324 e. The van der Waals surface area contributed by atoms with Gasteiger partial charge >= 0.3 is 0 Å². The standard InChI is InChI=1S/C21H38/c1-4-17-15(3)19-13-9-10-14-20(19)21(18(17)5-2)16-11-7-6-8-12-16/h15-21H,4-14H2,1-3H3. The van der Waals surface area contributed by atoms with Crippen LogP contribution < -0.4 is 0 Å². The average Bonchev–Trinajstić information content (AvgIpc) is 2.55. The van der Waals surface area contributed by atoms with E-state index in [4.69, 9.17) is 0 Å². The third-order valence-electron chi connectivity index (χ3n) is 7.90. The molecule has 21 heavy (non-hydrogen) atoms. The van der Waals surface area contributed by atoms with Crippen molar-refractivity contribution in [1.82, 2.24) is 0 Å². The van der Waals surface area contributed by atoms with E-state index in [0.717, 1.165) is 41.4 Å². The summed E-state index contributed by atoms with van der Waals surface area (Å²) in [7, 11) is 0. The summed E-state index contributed by atoms with van der Waals surface area (Å²) < 4.78 is 0. The molecule has 0 heteroatoms. The first-order valence-electron chi connectivity index (χ1n) is 10.3. The topological polar surface area (TPSA) is 0 Å². The Morgan fingerprint density at radius 1 is 0.667 bits per heavy atom. The second-order valence-electron chi connectivity index (χ2n) is 8.59. The molecule has 0 radical (unpaired) electrons. The fourth-order valence-corrected chi connectivity index (χ4v) is 7.10. The molecule has 6 unspecified atom stereocenters. The quantitative estimate of drug-likeness (QED) is 0.543. The Balaban J connectivity index is 1.87. The number of rotatable bonds is 3. The van der Waals surface area contributed by atoms with Crippen LogP contribution in [0.3, 0.4) is 0 Å². The molecule has 0 heterocycles. The highest BCUT2D eigenvalue weighted by molar-refractivity contribution is 4.98. The molecule has 122 valence electrons. The highest BCUT2D eigenvalue weighted by atomic mass is 14.5. The van der Waals surface area contributed by atoms with Crippen LogP contribution in [0, 0.1) is 41.4 Å². The van der Waals surface area contributed by atoms with E-state index in [2.05, 4.69) is 20.8 Å². The number of hydrogen-bond donors (Lipinski definition) is 0. The zero-order chi connectivity index (χ0) is 14.8. The lowest BCUT2D eigenvalue weighted by atomic mass is 9.49. The third-order valence-corrected chi connectivity index (χ3v) is 7.90. The summed E-state index contributed by atoms with van der Waals surface area (Å²) in [4.78, 5) is 0. The molecule has 0 nitrogen and oxygen atoms in total. The van der Waals surface area contributed by atoms with E-state index >= 15 is 0 Å². The normalized spacial score (nSPS) is 45.3. The average molecular weight is 291 g/mol. The molecule has 3 saturated carbocycles. The third kappa shape index (κ3) is 2.93. The molecule has 0 aromatic carbocycles. The van der Waals surface area contributed by atoms with E-state index in [9.17, 15) is 0 Å². The van der Waals surface area contributed by atoms with E-state index in [-0.39, 0.29) is 0 Å². The van der Waals surface area contributed by atoms with Gasteiger partial charge in [0.05, 0.1) is 0 Å². The molecule has 0 aliphatic heterocycles. The van der Waals surface area contributed by atoms with E-state index in [1.165, 1.54) is 44.9 Å². The van der Waals surface area contributed by atoms with Crippen molar-refractivity contribution < 1.29 is 0 Å². The van der Waals surface area contributed by atoms with Gasteiger partial charge in [0.2, 0.25) is 0 Å². The van der Waals surface area contributed by atoms with Crippen LogP contribution in [0.4, 0.5) is 0 Å². The number of fused-ring (bicyclic) bond motifs is 1. The second-order valence-corrected chi connectivity index (χ2v) is 8.59. The minimum atomic E-state index is 1.00. The fourth-order valence-electron chi connectivity index (χ4n) is 7.10. The molecule has 0 spiro atoms. The van der Waals surface area contributed by atoms with Gasteiger partial charge in [0.15, 0.2) is 0 Å². The Morgan fingerprint density at radius 3 is 1.86 bits per heavy atom. The van der Waals surface area contributed by atoms with Gasteiger partial charge < -0.3 is 0 Å². The van der Waals surface area contributed by atoms with Crippen molar-refractivity contribution in [3.8, 4) is 0 Å². The Morgan fingerprint density at radius 2 is 1.24 bits per heavy atom. The zero-order valence-electron chi connectivity index (χ0n) is 14.8. The van der Waals surface area contributed by atoms with Crippen LogP contribution >= 0.6 is 0 Å². The van der Waals surface area contributed by atoms with Crippen LogP contribution in [0.15, 0.2) is 0 Å². The Hall–Kier alpha value is 0. The van der Waals surface area contributed by atoms with E-state index in [0.29, 0.717) is 0 Å². The first-order valence-corrected chi connectivity index (χ1v) is 10.3. The van der Waals surface area contributed by atoms with Gasteiger partial charge in [-0.05, 0) is 54.3 Å². The monoisotopic (exact) mass is 290 g/mol. The minimum absolute atomic E-state index is 1.00. The molecule has 3 aliphatic carbocycles. The van der Waals surface area contributed by atoms with E-state index in [1.807, 2.05) is 0 Å². The molecule has 3 fully saturated rings. The van der Waals surface area contributed by atoms with Crippen LogP contribution in [-0.2, 0) is 0 Å². The molecular formula is C21H38. The fraction of sp³-hybridized carbons (Fsp3) is 1.00. The lowest BCUT2D eigenvalue weighted by Gasteiger charge is -2.56. The first-order chi connectivity index (χ1) is 10.3. The van der Waals surface area contributed by atoms with Gasteiger partial charge in [-0.1, -0.05) is 78.6 Å². The zero-order valence-corrected chi connectivity index (χ0v) is 14.8. The van der Waals surface area contributed by atoms with Gasteiger partial charge in [0.1, 0.15) is 0 Å². The molecule has 0 aromatic rings. The molecule has 6 atom stereocenters. The molecule has 0 saturated heterocycles. The minimum Gasteiger partial charge on any atom is -0.0651 e. The molecule has 0 aromatic heterocycles. The van der Waals surface area contributed by atoms with Crippen LogP contribution in [-0.4, -0.2) is 0 Å². The van der Waals surface area contributed by atoms with Crippen molar-refractivity contribution in [1.29, 1.82) is 0 Å². The molecule has 3 rings (SSSR count). The molecule has 0 N–H and O–H groups in total. The summed E-state index contributed by atoms with van der Waals surface area (Å²) in [6, 6.07) is 0. The Kier molecular flexibility index (Phi) is 5.33. The Bertz CT molecular complexity index is 306. The summed E-state index contributed by atoms with van der Waals surface area (Å²) in [5.41, 5.74) is 0. The van der Waals surface area contributed by atoms with Crippen molar-refractivity contribution in [3.63, 3.8) is 0 Å². The van der Waals surface area contributed by atoms with E-state index in [1.54, 1.807) is 25.7 Å². The molecule has 0 bridgehead atoms. The van der Waals surface area contributed by atoms with Gasteiger partial charge in [-0.3, -0.25) is 0 Å². The predicted molar refractivity (Wildman–Crippen MR) is 92.2 cm³/mol. The van der Waals surface area contributed by atoms with Gasteiger partial charge in [-0.25, -0.2) is 0 Å². The first kappa shape index (κ1) is 15.9. The van der Waals surface area contributed by atoms with Gasteiger partial charge in [0, 0.05) is 0 Å². The van der Waals surface area contributed by atoms with Crippen LogP contribution in [0.2, 0.25) is 0 Å². The SMILES string of the molecule is CCC1C(C)C2CCCCC2C(C2CCCCC2)C1CC. The summed E-state index contributed by atoms with van der Waals surface area (Å²) in [6.45, 7) is 7.60. The lowest BCUT2D eigenvalue weighted by molar-refractivity contribution is -0.0701. The van der Waals surface area contributed by atoms with E-state index < -0.39 is 0 Å². The van der Waals surface area contributed by atoms with Crippen molar-refractivity contribution in [2.45, 2.75) is 91.4 Å². The van der Waals surface area contributed by atoms with Crippen molar-refractivity contribution in [3.05, 3.63) is 0 Å². The number of hydrogen-bond acceptors (Lipinski definition) is 0. The summed E-state index contributed by atoms with van der Waals surface area (Å²) >= 11 is 0. The van der Waals surface area contributed by atoms with Gasteiger partial charge in [-0.15, -0.1) is 0 Å². The predicted octanol–water partition coefficient (Wildman–Crippen LogP) is 6.69. The maximum absolute atomic E-state index is 2.62. The van der Waals surface area contributed by atoms with Crippen molar-refractivity contribution in [2.75, 3.05) is 0 Å². The highest BCUT2D eigenvalue weighted by Crippen LogP contribution is 2.57. The maximum atomic E-state index is 2.62. The van der Waals surface area contributed by atoms with Crippen LogP contribution in [0.25, 0.3) is 0 Å². The highest BCUT2D eigenvalue weighted by Gasteiger charge is 2.49. The van der Waals surface area contributed by atoms with Gasteiger partial charge in [0.25, 0.3) is 0 Å². The summed E-state index contributed by atoms with van der Waals surface area (Å²) in [5, 5.41) is 0. The summed E-state index contributed by atoms with van der Waals surface area (Å²) in [6.07, 6.45) is 16.8. The van der Waals surface area contributed by atoms with Crippen molar-refractivity contribution in [2.24, 2.45) is 41.4 Å². The van der Waals surface area contributed by atoms with Crippen molar-refractivity contribution >= 4 is 0 Å². The lowest BCUT2D eigenvalue weighted by Crippen LogP contribution is -2.49. The van der Waals surface area contributed by atoms with Crippen LogP contribution in [0.1, 0.15) is 91.4 Å². The van der Waals surface area contributed by atoms with Crippen LogP contribution in [0.5, 0.6) is 0 Å². The maximum Gasteiger partial charge on any atom is -0.0324 e. The molecule has 0 amide bonds. The summed E-state index contributed by atoms with van der Waals surface area (Å²) in [5.74, 6) is 7.46. The largest absolute Gasteiger partial charge is 0.0651 e. The molecule has 3 aliphatic rings. The second kappa shape index (κ2) is 7.05.